The molecule has 8 rings (SSSR count). The first-order valence-electron chi connectivity index (χ1n) is 15.5. The second kappa shape index (κ2) is 11.8. The summed E-state index contributed by atoms with van der Waals surface area (Å²) in [5.41, 5.74) is 6.84. The molecule has 0 radical (unpaired) electrons. The molecule has 4 aliphatic rings. The normalized spacial score (nSPS) is 19.4. The van der Waals surface area contributed by atoms with Crippen LogP contribution in [0, 0.1) is 0 Å². The summed E-state index contributed by atoms with van der Waals surface area (Å²) < 4.78 is 30.4. The first kappa shape index (κ1) is 29.3. The fraction of sp³-hybridized carbons (Fsp3) is 0.351. The Bertz CT molecular complexity index is 1740. The number of fused-ring (bicyclic) bond motifs is 2. The van der Waals surface area contributed by atoms with Gasteiger partial charge >= 0.3 is 0 Å². The van der Waals surface area contributed by atoms with Crippen LogP contribution in [0.25, 0.3) is 0 Å². The maximum atomic E-state index is 11.4. The summed E-state index contributed by atoms with van der Waals surface area (Å²) >= 11 is 0. The third-order valence-electron chi connectivity index (χ3n) is 9.66. The first-order valence-corrected chi connectivity index (χ1v) is 15.5. The van der Waals surface area contributed by atoms with Crippen LogP contribution in [0.4, 0.5) is 0 Å². The van der Waals surface area contributed by atoms with Gasteiger partial charge in [0.05, 0.1) is 21.3 Å². The molecule has 0 aliphatic carbocycles. The van der Waals surface area contributed by atoms with E-state index in [4.69, 9.17) is 23.7 Å². The van der Waals surface area contributed by atoms with E-state index in [2.05, 4.69) is 60.3 Å². The zero-order chi connectivity index (χ0) is 31.2. The Morgan fingerprint density at radius 2 is 1.29 bits per heavy atom. The smallest absolute Gasteiger partial charge is 0.201 e. The van der Waals surface area contributed by atoms with Gasteiger partial charge in [0.25, 0.3) is 0 Å². The molecule has 234 valence electrons. The zero-order valence-electron chi connectivity index (χ0n) is 26.6. The molecule has 4 aromatic rings. The number of hydrogen-bond donors (Lipinski definition) is 1. The van der Waals surface area contributed by atoms with E-state index in [1.807, 2.05) is 24.3 Å². The predicted octanol–water partition coefficient (Wildman–Crippen LogP) is 6.86. The Balaban J connectivity index is 1.42. The number of likely N-dealkylation sites (N-methyl/N-ethyl adjacent to an activating group) is 2. The highest BCUT2D eigenvalue weighted by Gasteiger charge is 2.33. The van der Waals surface area contributed by atoms with Crippen molar-refractivity contribution in [3.8, 4) is 46.0 Å². The fourth-order valence-corrected chi connectivity index (χ4v) is 7.10. The second-order valence-corrected chi connectivity index (χ2v) is 12.3. The molecule has 1 N–H and O–H groups in total. The number of rotatable bonds is 3. The van der Waals surface area contributed by atoms with Crippen LogP contribution >= 0.6 is 0 Å². The molecule has 4 aromatic carbocycles. The van der Waals surface area contributed by atoms with E-state index in [-0.39, 0.29) is 17.8 Å². The van der Waals surface area contributed by atoms with E-state index in [0.717, 1.165) is 49.0 Å². The number of benzene rings is 4. The summed E-state index contributed by atoms with van der Waals surface area (Å²) in [5, 5.41) is 11.4. The van der Waals surface area contributed by atoms with Gasteiger partial charge in [-0.3, -0.25) is 9.80 Å². The second-order valence-electron chi connectivity index (χ2n) is 12.3. The van der Waals surface area contributed by atoms with Crippen LogP contribution in [0.1, 0.15) is 45.5 Å². The van der Waals surface area contributed by atoms with E-state index in [1.165, 1.54) is 16.7 Å². The predicted molar refractivity (Wildman–Crippen MR) is 173 cm³/mol. The molecule has 0 spiro atoms. The Kier molecular flexibility index (Phi) is 7.71. The van der Waals surface area contributed by atoms with E-state index in [0.29, 0.717) is 46.7 Å². The maximum Gasteiger partial charge on any atom is 0.201 e. The Hall–Kier alpha value is -4.40. The lowest BCUT2D eigenvalue weighted by Crippen LogP contribution is -2.34. The van der Waals surface area contributed by atoms with E-state index >= 15 is 0 Å². The molecule has 0 amide bonds. The Labute approximate surface area is 264 Å². The van der Waals surface area contributed by atoms with Crippen LogP contribution in [0.2, 0.25) is 0 Å². The number of phenolic OH excluding ortho intramolecular Hbond substituents is 1. The lowest BCUT2D eigenvalue weighted by atomic mass is 9.87. The molecular formula is C37H40N2O6. The summed E-state index contributed by atoms with van der Waals surface area (Å²) in [4.78, 5) is 4.72. The van der Waals surface area contributed by atoms with Crippen molar-refractivity contribution in [1.82, 2.24) is 9.80 Å². The van der Waals surface area contributed by atoms with Crippen molar-refractivity contribution in [2.75, 3.05) is 48.5 Å². The molecule has 2 atom stereocenters. The molecule has 4 aliphatic heterocycles. The van der Waals surface area contributed by atoms with Crippen LogP contribution < -0.4 is 23.7 Å². The van der Waals surface area contributed by atoms with Crippen molar-refractivity contribution in [3.63, 3.8) is 0 Å². The molecule has 6 bridgehead atoms. The van der Waals surface area contributed by atoms with Crippen molar-refractivity contribution in [3.05, 3.63) is 94.0 Å². The minimum atomic E-state index is -0.0606. The molecular weight excluding hydrogens is 568 g/mol. The molecule has 0 aromatic heterocycles. The summed E-state index contributed by atoms with van der Waals surface area (Å²) in [6.07, 6.45) is 3.24. The SMILES string of the molecule is COc1ccc2cc1Oc1cc3c(cc1OC)CCN(C)[C@@H]3Cc1ccc(cc1)Oc1c(O)c(OC)cc3c1[C@H](C2)N(C)CC3. The molecule has 8 nitrogen and oxygen atoms in total. The van der Waals surface area contributed by atoms with Gasteiger partial charge in [-0.2, -0.15) is 0 Å². The van der Waals surface area contributed by atoms with Crippen LogP contribution in [-0.2, 0) is 25.7 Å². The number of methoxy groups -OCH3 is 3. The highest BCUT2D eigenvalue weighted by molar-refractivity contribution is 5.62. The van der Waals surface area contributed by atoms with Gasteiger partial charge in [-0.25, -0.2) is 0 Å². The molecule has 4 heterocycles. The molecule has 8 heteroatoms. The minimum absolute atomic E-state index is 0.00993. The number of phenols is 1. The highest BCUT2D eigenvalue weighted by atomic mass is 16.5. The molecule has 0 saturated carbocycles. The van der Waals surface area contributed by atoms with E-state index < -0.39 is 0 Å². The molecule has 45 heavy (non-hydrogen) atoms. The first-order chi connectivity index (χ1) is 21.9. The van der Waals surface area contributed by atoms with Gasteiger partial charge in [-0.15, -0.1) is 0 Å². The van der Waals surface area contributed by atoms with Gasteiger partial charge < -0.3 is 28.8 Å². The van der Waals surface area contributed by atoms with Gasteiger partial charge in [0.1, 0.15) is 5.75 Å². The fourth-order valence-electron chi connectivity index (χ4n) is 7.10. The molecule has 0 unspecified atom stereocenters. The van der Waals surface area contributed by atoms with Crippen molar-refractivity contribution in [2.24, 2.45) is 0 Å². The minimum Gasteiger partial charge on any atom is -0.502 e. The standard InChI is InChI=1S/C37H40N2O6/c1-38-14-12-24-19-31(42-4)33-21-27(24)28(38)16-22-6-9-26(10-7-22)44-37-35-25(20-34(43-5)36(37)40)13-15-39(2)29(35)17-23-8-11-30(41-3)32(18-23)45-33/h6-11,18-21,28-29,40H,12-17H2,1-5H3/t28-,29+/m1/s1. The number of nitrogens with zero attached hydrogens (tertiary/aromatic N) is 2. The maximum absolute atomic E-state index is 11.4. The number of ether oxygens (including phenoxy) is 5. The number of aromatic hydroxyl groups is 1. The molecule has 0 fully saturated rings. The Morgan fingerprint density at radius 1 is 0.667 bits per heavy atom. The quantitative estimate of drug-likeness (QED) is 0.271. The van der Waals surface area contributed by atoms with Gasteiger partial charge in [-0.05, 0) is 110 Å². The summed E-state index contributed by atoms with van der Waals surface area (Å²) in [6.45, 7) is 1.81. The lowest BCUT2D eigenvalue weighted by Gasteiger charge is -2.36. The van der Waals surface area contributed by atoms with Gasteiger partial charge in [0.2, 0.25) is 5.75 Å². The lowest BCUT2D eigenvalue weighted by molar-refractivity contribution is 0.222. The van der Waals surface area contributed by atoms with E-state index in [1.54, 1.807) is 21.3 Å². The van der Waals surface area contributed by atoms with E-state index in [9.17, 15) is 5.11 Å². The largest absolute Gasteiger partial charge is 0.502 e. The van der Waals surface area contributed by atoms with Gasteiger partial charge in [0, 0.05) is 30.7 Å². The van der Waals surface area contributed by atoms with Crippen molar-refractivity contribution in [2.45, 2.75) is 37.8 Å². The monoisotopic (exact) mass is 608 g/mol. The highest BCUT2D eigenvalue weighted by Crippen LogP contribution is 2.50. The molecule has 0 saturated heterocycles. The van der Waals surface area contributed by atoms with Gasteiger partial charge in [-0.1, -0.05) is 18.2 Å². The summed E-state index contributed by atoms with van der Waals surface area (Å²) in [7, 11) is 9.22. The average Bonchev–Trinajstić information content (AvgIpc) is 3.05. The third kappa shape index (κ3) is 5.32. The van der Waals surface area contributed by atoms with Crippen LogP contribution in [0.3, 0.4) is 0 Å². The van der Waals surface area contributed by atoms with Gasteiger partial charge in [0.15, 0.2) is 34.5 Å². The van der Waals surface area contributed by atoms with Crippen molar-refractivity contribution >= 4 is 0 Å². The van der Waals surface area contributed by atoms with Crippen LogP contribution in [-0.4, -0.2) is 63.4 Å². The van der Waals surface area contributed by atoms with Crippen molar-refractivity contribution in [1.29, 1.82) is 0 Å². The average molecular weight is 609 g/mol. The summed E-state index contributed by atoms with van der Waals surface area (Å²) in [6, 6.07) is 20.6. The van der Waals surface area contributed by atoms with Crippen LogP contribution in [0.15, 0.2) is 60.7 Å². The van der Waals surface area contributed by atoms with Crippen LogP contribution in [0.5, 0.6) is 46.0 Å². The third-order valence-corrected chi connectivity index (χ3v) is 9.66. The zero-order valence-corrected chi connectivity index (χ0v) is 26.6. The Morgan fingerprint density at radius 3 is 2.02 bits per heavy atom. The summed E-state index contributed by atoms with van der Waals surface area (Å²) in [5.74, 6) is 4.17. The number of hydrogen-bond acceptors (Lipinski definition) is 8. The van der Waals surface area contributed by atoms with Crippen molar-refractivity contribution < 1.29 is 28.8 Å². The topological polar surface area (TPSA) is 72.9 Å².